The van der Waals surface area contributed by atoms with E-state index in [2.05, 4.69) is 0 Å². The average Bonchev–Trinajstić information content (AvgIpc) is 2.34. The molecule has 0 aliphatic carbocycles. The van der Waals surface area contributed by atoms with Crippen molar-refractivity contribution in [3.63, 3.8) is 0 Å². The monoisotopic (exact) mass is 226 g/mol. The normalized spacial score (nSPS) is 11.5. The fraction of sp³-hybridized carbons (Fsp3) is 0.500. The second kappa shape index (κ2) is 5.84. The third-order valence-corrected chi connectivity index (χ3v) is 2.32. The minimum Gasteiger partial charge on any atom is -0.493 e. The lowest BCUT2D eigenvalue weighted by Crippen LogP contribution is -2.33. The highest BCUT2D eigenvalue weighted by Gasteiger charge is 2.35. The Bertz CT molecular complexity index is 312. The fourth-order valence-corrected chi connectivity index (χ4v) is 1.58. The van der Waals surface area contributed by atoms with Crippen molar-refractivity contribution < 1.29 is 18.9 Å². The van der Waals surface area contributed by atoms with Crippen molar-refractivity contribution in [1.82, 2.24) is 0 Å². The zero-order chi connectivity index (χ0) is 12.0. The van der Waals surface area contributed by atoms with Crippen LogP contribution in [0.25, 0.3) is 0 Å². The van der Waals surface area contributed by atoms with Crippen LogP contribution in [0, 0.1) is 0 Å². The van der Waals surface area contributed by atoms with E-state index in [0.717, 1.165) is 0 Å². The van der Waals surface area contributed by atoms with E-state index < -0.39 is 5.97 Å². The Morgan fingerprint density at radius 3 is 2.06 bits per heavy atom. The highest BCUT2D eigenvalue weighted by atomic mass is 16.9. The summed E-state index contributed by atoms with van der Waals surface area (Å²) in [4.78, 5) is 0. The Morgan fingerprint density at radius 1 is 1.00 bits per heavy atom. The third-order valence-electron chi connectivity index (χ3n) is 2.32. The lowest BCUT2D eigenvalue weighted by molar-refractivity contribution is -0.365. The molecule has 0 aliphatic heterocycles. The molecule has 0 N–H and O–H groups in total. The summed E-state index contributed by atoms with van der Waals surface area (Å²) in [7, 11) is 4.57. The topological polar surface area (TPSA) is 36.9 Å². The Kier molecular flexibility index (Phi) is 4.73. The second-order valence-corrected chi connectivity index (χ2v) is 3.10. The van der Waals surface area contributed by atoms with Crippen LogP contribution >= 0.6 is 0 Å². The first kappa shape index (κ1) is 13.0. The van der Waals surface area contributed by atoms with Crippen LogP contribution in [0.4, 0.5) is 0 Å². The first-order valence-corrected chi connectivity index (χ1v) is 5.11. The van der Waals surface area contributed by atoms with E-state index in [9.17, 15) is 0 Å². The highest BCUT2D eigenvalue weighted by Crippen LogP contribution is 2.33. The molecule has 0 unspecified atom stereocenters. The van der Waals surface area contributed by atoms with Gasteiger partial charge >= 0.3 is 5.97 Å². The van der Waals surface area contributed by atoms with Crippen molar-refractivity contribution in [1.29, 1.82) is 0 Å². The molecule has 0 radical (unpaired) electrons. The molecule has 0 heterocycles. The van der Waals surface area contributed by atoms with Gasteiger partial charge in [-0.2, -0.15) is 0 Å². The van der Waals surface area contributed by atoms with Crippen molar-refractivity contribution in [3.8, 4) is 5.75 Å². The van der Waals surface area contributed by atoms with Crippen LogP contribution in [-0.2, 0) is 20.2 Å². The molecular formula is C12H18O4. The fourth-order valence-electron chi connectivity index (χ4n) is 1.58. The average molecular weight is 226 g/mol. The van der Waals surface area contributed by atoms with E-state index in [-0.39, 0.29) is 0 Å². The van der Waals surface area contributed by atoms with Crippen molar-refractivity contribution in [3.05, 3.63) is 29.8 Å². The first-order valence-electron chi connectivity index (χ1n) is 5.11. The predicted octanol–water partition coefficient (Wildman–Crippen LogP) is 2.13. The van der Waals surface area contributed by atoms with Crippen LogP contribution in [0.3, 0.4) is 0 Å². The van der Waals surface area contributed by atoms with Gasteiger partial charge in [0.25, 0.3) is 0 Å². The Hall–Kier alpha value is -1.10. The first-order chi connectivity index (χ1) is 7.74. The van der Waals surface area contributed by atoms with Crippen LogP contribution in [-0.4, -0.2) is 27.9 Å². The molecule has 0 bridgehead atoms. The maximum atomic E-state index is 5.51. The van der Waals surface area contributed by atoms with Crippen LogP contribution in [0.15, 0.2) is 24.3 Å². The lowest BCUT2D eigenvalue weighted by Gasteiger charge is -2.30. The van der Waals surface area contributed by atoms with Crippen molar-refractivity contribution in [2.75, 3.05) is 27.9 Å². The SMILES string of the molecule is CCOc1ccccc1C(OC)(OC)OC. The summed E-state index contributed by atoms with van der Waals surface area (Å²) >= 11 is 0. The highest BCUT2D eigenvalue weighted by molar-refractivity contribution is 5.35. The van der Waals surface area contributed by atoms with Gasteiger partial charge < -0.3 is 18.9 Å². The molecule has 1 aromatic rings. The minimum absolute atomic E-state index is 0.574. The molecule has 0 spiro atoms. The summed E-state index contributed by atoms with van der Waals surface area (Å²) in [5.74, 6) is -0.526. The molecule has 16 heavy (non-hydrogen) atoms. The number of hydrogen-bond acceptors (Lipinski definition) is 4. The molecule has 1 aromatic carbocycles. The third kappa shape index (κ3) is 2.35. The standard InChI is InChI=1S/C12H18O4/c1-5-16-11-9-7-6-8-10(11)12(13-2,14-3)15-4/h6-9H,5H2,1-4H3. The quantitative estimate of drug-likeness (QED) is 0.696. The van der Waals surface area contributed by atoms with Gasteiger partial charge in [0.1, 0.15) is 5.75 Å². The maximum Gasteiger partial charge on any atom is 0.314 e. The van der Waals surface area contributed by atoms with Crippen molar-refractivity contribution in [2.24, 2.45) is 0 Å². The predicted molar refractivity (Wildman–Crippen MR) is 60.3 cm³/mol. The minimum atomic E-state index is -1.22. The summed E-state index contributed by atoms with van der Waals surface area (Å²) in [5.41, 5.74) is 0.712. The van der Waals surface area contributed by atoms with Gasteiger partial charge in [0.05, 0.1) is 12.2 Å². The molecule has 4 heteroatoms. The zero-order valence-corrected chi connectivity index (χ0v) is 10.1. The number of rotatable bonds is 6. The molecule has 0 aromatic heterocycles. The van der Waals surface area contributed by atoms with E-state index in [4.69, 9.17) is 18.9 Å². The van der Waals surface area contributed by atoms with E-state index in [1.807, 2.05) is 31.2 Å². The van der Waals surface area contributed by atoms with Gasteiger partial charge in [-0.25, -0.2) is 0 Å². The molecule has 0 amide bonds. The lowest BCUT2D eigenvalue weighted by atomic mass is 10.1. The van der Waals surface area contributed by atoms with Crippen molar-refractivity contribution in [2.45, 2.75) is 12.9 Å². The molecule has 0 saturated carbocycles. The largest absolute Gasteiger partial charge is 0.493 e. The maximum absolute atomic E-state index is 5.51. The van der Waals surface area contributed by atoms with Gasteiger partial charge in [-0.15, -0.1) is 0 Å². The van der Waals surface area contributed by atoms with Gasteiger partial charge in [0.2, 0.25) is 0 Å². The summed E-state index contributed by atoms with van der Waals surface area (Å²) < 4.78 is 21.4. The van der Waals surface area contributed by atoms with Gasteiger partial charge in [-0.3, -0.25) is 0 Å². The van der Waals surface area contributed by atoms with Gasteiger partial charge in [-0.1, -0.05) is 12.1 Å². The Labute approximate surface area is 96.1 Å². The van der Waals surface area contributed by atoms with Crippen molar-refractivity contribution >= 4 is 0 Å². The Balaban J connectivity index is 3.17. The smallest absolute Gasteiger partial charge is 0.314 e. The summed E-state index contributed by atoms with van der Waals surface area (Å²) in [6.07, 6.45) is 0. The van der Waals surface area contributed by atoms with Crippen LogP contribution in [0.1, 0.15) is 12.5 Å². The molecule has 0 saturated heterocycles. The molecule has 4 nitrogen and oxygen atoms in total. The number of benzene rings is 1. The molecule has 0 atom stereocenters. The van der Waals surface area contributed by atoms with Crippen LogP contribution in [0.2, 0.25) is 0 Å². The van der Waals surface area contributed by atoms with E-state index in [1.165, 1.54) is 21.3 Å². The summed E-state index contributed by atoms with van der Waals surface area (Å²) in [5, 5.41) is 0. The van der Waals surface area contributed by atoms with Gasteiger partial charge in [-0.05, 0) is 19.1 Å². The van der Waals surface area contributed by atoms with Gasteiger partial charge in [0.15, 0.2) is 0 Å². The molecule has 0 aliphatic rings. The van der Waals surface area contributed by atoms with E-state index in [0.29, 0.717) is 17.9 Å². The second-order valence-electron chi connectivity index (χ2n) is 3.10. The van der Waals surface area contributed by atoms with Crippen LogP contribution in [0.5, 0.6) is 5.75 Å². The molecule has 1 rings (SSSR count). The number of ether oxygens (including phenoxy) is 4. The number of methoxy groups -OCH3 is 3. The summed E-state index contributed by atoms with van der Waals surface area (Å²) in [6.45, 7) is 2.50. The Morgan fingerprint density at radius 2 is 1.56 bits per heavy atom. The molecule has 0 fully saturated rings. The molecular weight excluding hydrogens is 208 g/mol. The molecule has 90 valence electrons. The van der Waals surface area contributed by atoms with Gasteiger partial charge in [0, 0.05) is 21.3 Å². The van der Waals surface area contributed by atoms with Crippen LogP contribution < -0.4 is 4.74 Å². The summed E-state index contributed by atoms with van der Waals surface area (Å²) in [6, 6.07) is 7.47. The van der Waals surface area contributed by atoms with E-state index in [1.54, 1.807) is 0 Å². The number of hydrogen-bond donors (Lipinski definition) is 0. The zero-order valence-electron chi connectivity index (χ0n) is 10.1. The number of para-hydroxylation sites is 1. The van der Waals surface area contributed by atoms with E-state index >= 15 is 0 Å².